The minimum atomic E-state index is -0.507. The number of nitrogens with zero attached hydrogens (tertiary/aromatic N) is 5. The Morgan fingerprint density at radius 1 is 1.24 bits per heavy atom. The number of nitrogens with two attached hydrogens (primary N) is 1. The number of anilines is 1. The monoisotopic (exact) mass is 496 g/mol. The molecule has 37 heavy (non-hydrogen) atoms. The van der Waals surface area contributed by atoms with Crippen molar-refractivity contribution < 1.29 is 13.9 Å². The largest absolute Gasteiger partial charge is 0.457 e. The van der Waals surface area contributed by atoms with Crippen LogP contribution in [0.5, 0.6) is 11.5 Å². The Morgan fingerprint density at radius 2 is 2.05 bits per heavy atom. The fourth-order valence-electron chi connectivity index (χ4n) is 4.74. The maximum Gasteiger partial charge on any atom is 0.264 e. The van der Waals surface area contributed by atoms with Gasteiger partial charge in [-0.3, -0.25) is 9.48 Å². The fraction of sp³-hybridized carbons (Fsp3) is 0.214. The van der Waals surface area contributed by atoms with Gasteiger partial charge in [0.2, 0.25) is 0 Å². The summed E-state index contributed by atoms with van der Waals surface area (Å²) < 4.78 is 22.9. The average Bonchev–Trinajstić information content (AvgIpc) is 3.51. The number of benzene rings is 2. The second-order valence-corrected chi connectivity index (χ2v) is 8.79. The molecular formula is C28H25FN6O2. The zero-order valence-corrected chi connectivity index (χ0v) is 20.3. The summed E-state index contributed by atoms with van der Waals surface area (Å²) in [6, 6.07) is 17.3. The molecule has 3 heterocycles. The number of nitriles is 1. The molecule has 5 rings (SSSR count). The maximum absolute atomic E-state index is 15.4. The van der Waals surface area contributed by atoms with E-state index >= 15 is 4.39 Å². The summed E-state index contributed by atoms with van der Waals surface area (Å²) in [5, 5.41) is 14.6. The number of ether oxygens (including phenoxy) is 1. The first-order valence-electron chi connectivity index (χ1n) is 12.0. The van der Waals surface area contributed by atoms with Crippen molar-refractivity contribution in [2.24, 2.45) is 0 Å². The van der Waals surface area contributed by atoms with Crippen molar-refractivity contribution >= 4 is 22.6 Å². The van der Waals surface area contributed by atoms with Gasteiger partial charge in [-0.15, -0.1) is 0 Å². The Balaban J connectivity index is 1.50. The summed E-state index contributed by atoms with van der Waals surface area (Å²) in [6.45, 7) is 2.62. The Morgan fingerprint density at radius 3 is 2.78 bits per heavy atom. The van der Waals surface area contributed by atoms with Gasteiger partial charge < -0.3 is 15.4 Å². The van der Waals surface area contributed by atoms with Crippen molar-refractivity contribution in [3.8, 4) is 28.8 Å². The molecule has 0 bridgehead atoms. The number of likely N-dealkylation sites (tertiary alicyclic amines) is 1. The minimum Gasteiger partial charge on any atom is -0.457 e. The minimum absolute atomic E-state index is 0.117. The quantitative estimate of drug-likeness (QED) is 0.295. The zero-order valence-electron chi connectivity index (χ0n) is 20.3. The molecule has 0 spiro atoms. The van der Waals surface area contributed by atoms with Crippen molar-refractivity contribution in [3.63, 3.8) is 0 Å². The first-order valence-corrected chi connectivity index (χ1v) is 12.0. The number of carbonyl (C=O) groups is 1. The number of amides is 1. The molecule has 2 N–H and O–H groups in total. The van der Waals surface area contributed by atoms with Gasteiger partial charge in [0.25, 0.3) is 5.91 Å². The number of halogens is 1. The summed E-state index contributed by atoms with van der Waals surface area (Å²) in [5.74, 6) is 0.409. The topological polar surface area (TPSA) is 110 Å². The third-order valence-electron chi connectivity index (χ3n) is 6.53. The highest BCUT2D eigenvalue weighted by Crippen LogP contribution is 2.35. The molecule has 2 aromatic carbocycles. The second-order valence-electron chi connectivity index (χ2n) is 8.79. The van der Waals surface area contributed by atoms with E-state index in [0.717, 1.165) is 12.8 Å². The first-order chi connectivity index (χ1) is 18.0. The highest BCUT2D eigenvalue weighted by Gasteiger charge is 2.32. The van der Waals surface area contributed by atoms with Crippen LogP contribution in [0.4, 0.5) is 10.2 Å². The normalized spacial score (nSPS) is 15.6. The van der Waals surface area contributed by atoms with Crippen LogP contribution in [0.3, 0.4) is 0 Å². The van der Waals surface area contributed by atoms with E-state index in [2.05, 4.69) is 4.98 Å². The standard InChI is InChI=1S/C28H25FN6O2/c1-2-18(16-30)28(36)34-14-6-7-19(34)17-35-24-12-13-32-27(31)25(24)26(33-35)22-11-10-21(15-23(22)29)37-20-8-4-3-5-9-20/h2-5,8-13,15,19H,6-7,14,17H2,1H3,(H2,31,32)/b18-2-/t19-/m0/s1. The molecule has 186 valence electrons. The van der Waals surface area contributed by atoms with E-state index < -0.39 is 5.82 Å². The predicted octanol–water partition coefficient (Wildman–Crippen LogP) is 5.07. The molecule has 1 amide bonds. The van der Waals surface area contributed by atoms with Crippen LogP contribution in [0.2, 0.25) is 0 Å². The summed E-state index contributed by atoms with van der Waals surface area (Å²) in [5.41, 5.74) is 7.67. The SMILES string of the molecule is C/C=C(/C#N)C(=O)N1CCC[C@H]1Cn1nc(-c2ccc(Oc3ccccc3)cc2F)c2c(N)nccc21. The van der Waals surface area contributed by atoms with E-state index in [1.807, 2.05) is 24.3 Å². The van der Waals surface area contributed by atoms with Gasteiger partial charge in [0.1, 0.15) is 40.5 Å². The lowest BCUT2D eigenvalue weighted by molar-refractivity contribution is -0.127. The van der Waals surface area contributed by atoms with Crippen molar-refractivity contribution in [1.29, 1.82) is 5.26 Å². The van der Waals surface area contributed by atoms with Crippen LogP contribution < -0.4 is 10.5 Å². The van der Waals surface area contributed by atoms with Gasteiger partial charge in [-0.05, 0) is 50.1 Å². The molecule has 1 fully saturated rings. The summed E-state index contributed by atoms with van der Waals surface area (Å²) in [7, 11) is 0. The summed E-state index contributed by atoms with van der Waals surface area (Å²) in [6.07, 6.45) is 4.70. The Labute approximate surface area is 213 Å². The Hall–Kier alpha value is -4.71. The van der Waals surface area contributed by atoms with Gasteiger partial charge in [0, 0.05) is 24.4 Å². The van der Waals surface area contributed by atoms with Gasteiger partial charge in [-0.1, -0.05) is 24.3 Å². The van der Waals surface area contributed by atoms with Crippen molar-refractivity contribution in [2.75, 3.05) is 12.3 Å². The number of nitrogen functional groups attached to an aromatic ring is 1. The molecule has 0 unspecified atom stereocenters. The number of hydrogen-bond acceptors (Lipinski definition) is 6. The van der Waals surface area contributed by atoms with Crippen LogP contribution in [0, 0.1) is 17.1 Å². The van der Waals surface area contributed by atoms with Gasteiger partial charge >= 0.3 is 0 Å². The number of fused-ring (bicyclic) bond motifs is 1. The van der Waals surface area contributed by atoms with Gasteiger partial charge in [-0.2, -0.15) is 10.4 Å². The average molecular weight is 497 g/mol. The molecule has 1 saturated heterocycles. The third-order valence-corrected chi connectivity index (χ3v) is 6.53. The lowest BCUT2D eigenvalue weighted by atomic mass is 10.1. The van der Waals surface area contributed by atoms with E-state index in [9.17, 15) is 10.1 Å². The fourth-order valence-corrected chi connectivity index (χ4v) is 4.74. The summed E-state index contributed by atoms with van der Waals surface area (Å²) in [4.78, 5) is 18.8. The molecule has 9 heteroatoms. The second kappa shape index (κ2) is 10.1. The van der Waals surface area contributed by atoms with Crippen LogP contribution in [0.25, 0.3) is 22.2 Å². The van der Waals surface area contributed by atoms with E-state index in [-0.39, 0.29) is 28.9 Å². The van der Waals surface area contributed by atoms with Crippen LogP contribution in [-0.4, -0.2) is 38.2 Å². The molecule has 8 nitrogen and oxygen atoms in total. The van der Waals surface area contributed by atoms with Crippen molar-refractivity contribution in [2.45, 2.75) is 32.4 Å². The molecule has 1 aliphatic rings. The predicted molar refractivity (Wildman–Crippen MR) is 138 cm³/mol. The molecule has 0 radical (unpaired) electrons. The number of para-hydroxylation sites is 1. The number of allylic oxidation sites excluding steroid dienone is 1. The van der Waals surface area contributed by atoms with Crippen LogP contribution in [-0.2, 0) is 11.3 Å². The lowest BCUT2D eigenvalue weighted by Gasteiger charge is -2.24. The number of aromatic nitrogens is 3. The number of rotatable bonds is 6. The molecular weight excluding hydrogens is 471 g/mol. The maximum atomic E-state index is 15.4. The van der Waals surface area contributed by atoms with E-state index in [1.54, 1.807) is 53.0 Å². The van der Waals surface area contributed by atoms with E-state index in [0.29, 0.717) is 41.2 Å². The highest BCUT2D eigenvalue weighted by molar-refractivity contribution is 6.00. The first kappa shape index (κ1) is 24.0. The zero-order chi connectivity index (χ0) is 25.9. The smallest absolute Gasteiger partial charge is 0.264 e. The number of pyridine rings is 1. The Kier molecular flexibility index (Phi) is 6.56. The summed E-state index contributed by atoms with van der Waals surface area (Å²) >= 11 is 0. The number of carbonyl (C=O) groups excluding carboxylic acids is 1. The van der Waals surface area contributed by atoms with Crippen LogP contribution in [0.1, 0.15) is 19.8 Å². The van der Waals surface area contributed by atoms with E-state index in [1.165, 1.54) is 12.1 Å². The number of hydrogen-bond donors (Lipinski definition) is 1. The van der Waals surface area contributed by atoms with Crippen LogP contribution >= 0.6 is 0 Å². The third kappa shape index (κ3) is 4.61. The molecule has 1 atom stereocenters. The molecule has 2 aromatic heterocycles. The van der Waals surface area contributed by atoms with Gasteiger partial charge in [0.15, 0.2) is 0 Å². The molecule has 0 saturated carbocycles. The molecule has 4 aromatic rings. The van der Waals surface area contributed by atoms with E-state index in [4.69, 9.17) is 15.6 Å². The highest BCUT2D eigenvalue weighted by atomic mass is 19.1. The molecule has 1 aliphatic heterocycles. The molecule has 0 aliphatic carbocycles. The van der Waals surface area contributed by atoms with Gasteiger partial charge in [0.05, 0.1) is 23.5 Å². The van der Waals surface area contributed by atoms with Gasteiger partial charge in [-0.25, -0.2) is 9.37 Å². The lowest BCUT2D eigenvalue weighted by Crippen LogP contribution is -2.38. The Bertz CT molecular complexity index is 1540. The van der Waals surface area contributed by atoms with Crippen molar-refractivity contribution in [3.05, 3.63) is 78.3 Å². The van der Waals surface area contributed by atoms with Crippen LogP contribution in [0.15, 0.2) is 72.4 Å². The van der Waals surface area contributed by atoms with Crippen molar-refractivity contribution in [1.82, 2.24) is 19.7 Å².